The van der Waals surface area contributed by atoms with Gasteiger partial charge in [0.15, 0.2) is 0 Å². The van der Waals surface area contributed by atoms with Crippen LogP contribution in [-0.4, -0.2) is 25.2 Å². The first kappa shape index (κ1) is 15.4. The van der Waals surface area contributed by atoms with E-state index in [4.69, 9.17) is 10.00 Å². The van der Waals surface area contributed by atoms with Crippen LogP contribution in [0.5, 0.6) is 5.75 Å². The van der Waals surface area contributed by atoms with E-state index in [0.717, 1.165) is 30.9 Å². The number of piperidine rings is 1. The summed E-state index contributed by atoms with van der Waals surface area (Å²) < 4.78 is 5.30. The summed E-state index contributed by atoms with van der Waals surface area (Å²) in [6.07, 6.45) is 5.27. The Hall–Kier alpha value is -2.54. The Morgan fingerprint density at radius 3 is 2.74 bits per heavy atom. The van der Waals surface area contributed by atoms with Crippen LogP contribution in [-0.2, 0) is 6.42 Å². The molecule has 0 spiro atoms. The minimum Gasteiger partial charge on any atom is -0.497 e. The van der Waals surface area contributed by atoms with Crippen LogP contribution in [0.4, 0.5) is 5.69 Å². The molecule has 3 rings (SSSR count). The monoisotopic (exact) mass is 307 g/mol. The minimum absolute atomic E-state index is 0.474. The van der Waals surface area contributed by atoms with Crippen LogP contribution in [0.25, 0.3) is 0 Å². The summed E-state index contributed by atoms with van der Waals surface area (Å²) in [4.78, 5) is 6.52. The van der Waals surface area contributed by atoms with Gasteiger partial charge in [-0.3, -0.25) is 0 Å². The number of methoxy groups -OCH3 is 1. The van der Waals surface area contributed by atoms with Crippen molar-refractivity contribution >= 4 is 5.69 Å². The summed E-state index contributed by atoms with van der Waals surface area (Å²) in [5.41, 5.74) is 2.94. The number of nitriles is 1. The molecule has 0 unspecified atom stereocenters. The third-order valence-corrected chi connectivity index (χ3v) is 4.50. The Balaban J connectivity index is 1.56. The molecule has 0 N–H and O–H groups in total. The van der Waals surface area contributed by atoms with Gasteiger partial charge in [0, 0.05) is 13.1 Å². The van der Waals surface area contributed by atoms with Crippen LogP contribution < -0.4 is 9.64 Å². The maximum Gasteiger partial charge on any atom is 0.140 e. The molecule has 1 aromatic heterocycles. The number of benzene rings is 1. The summed E-state index contributed by atoms with van der Waals surface area (Å²) in [6.45, 7) is 2.09. The van der Waals surface area contributed by atoms with Gasteiger partial charge in [0.1, 0.15) is 17.5 Å². The molecule has 1 aliphatic heterocycles. The maximum atomic E-state index is 8.82. The second kappa shape index (κ2) is 7.15. The van der Waals surface area contributed by atoms with E-state index in [1.54, 1.807) is 19.4 Å². The molecule has 2 heterocycles. The molecule has 0 atom stereocenters. The van der Waals surface area contributed by atoms with Gasteiger partial charge in [-0.25, -0.2) is 4.98 Å². The molecule has 0 bridgehead atoms. The lowest BCUT2D eigenvalue weighted by Gasteiger charge is -2.33. The van der Waals surface area contributed by atoms with E-state index in [1.807, 2.05) is 12.1 Å². The topological polar surface area (TPSA) is 49.1 Å². The van der Waals surface area contributed by atoms with Crippen molar-refractivity contribution in [3.63, 3.8) is 0 Å². The SMILES string of the molecule is COc1cccc(CC2CCN(c3ccc(C#N)nc3)CC2)c1. The summed E-state index contributed by atoms with van der Waals surface area (Å²) in [7, 11) is 1.71. The first-order valence-electron chi connectivity index (χ1n) is 8.02. The summed E-state index contributed by atoms with van der Waals surface area (Å²) in [5.74, 6) is 1.65. The van der Waals surface area contributed by atoms with E-state index in [0.29, 0.717) is 11.6 Å². The van der Waals surface area contributed by atoms with Crippen molar-refractivity contribution in [2.45, 2.75) is 19.3 Å². The number of aromatic nitrogens is 1. The zero-order valence-electron chi connectivity index (χ0n) is 13.4. The standard InChI is InChI=1S/C19H21N3O/c1-23-19-4-2-3-16(12-19)11-15-7-9-22(10-8-15)18-6-5-17(13-20)21-14-18/h2-6,12,14-15H,7-11H2,1H3. The van der Waals surface area contributed by atoms with Crippen LogP contribution >= 0.6 is 0 Å². The fourth-order valence-corrected chi connectivity index (χ4v) is 3.17. The highest BCUT2D eigenvalue weighted by Crippen LogP contribution is 2.26. The third kappa shape index (κ3) is 3.81. The molecular formula is C19H21N3O. The van der Waals surface area contributed by atoms with Crippen LogP contribution in [0.1, 0.15) is 24.1 Å². The van der Waals surface area contributed by atoms with Crippen molar-refractivity contribution in [3.05, 3.63) is 53.9 Å². The molecule has 1 fully saturated rings. The highest BCUT2D eigenvalue weighted by molar-refractivity contribution is 5.46. The van der Waals surface area contributed by atoms with Crippen LogP contribution in [0, 0.1) is 17.2 Å². The van der Waals surface area contributed by atoms with Crippen molar-refractivity contribution in [3.8, 4) is 11.8 Å². The highest BCUT2D eigenvalue weighted by Gasteiger charge is 2.20. The number of anilines is 1. The van der Waals surface area contributed by atoms with Gasteiger partial charge >= 0.3 is 0 Å². The van der Waals surface area contributed by atoms with E-state index >= 15 is 0 Å². The molecule has 1 saturated heterocycles. The van der Waals surface area contributed by atoms with Gasteiger partial charge in [-0.15, -0.1) is 0 Å². The lowest BCUT2D eigenvalue weighted by atomic mass is 9.90. The Labute approximate surface area is 137 Å². The molecule has 0 aliphatic carbocycles. The molecule has 4 heteroatoms. The zero-order valence-corrected chi connectivity index (χ0v) is 13.4. The molecular weight excluding hydrogens is 286 g/mol. The molecule has 1 aliphatic rings. The normalized spacial score (nSPS) is 15.2. The van der Waals surface area contributed by atoms with Crippen molar-refractivity contribution in [2.75, 3.05) is 25.1 Å². The van der Waals surface area contributed by atoms with E-state index in [2.05, 4.69) is 34.2 Å². The number of rotatable bonds is 4. The number of hydrogen-bond acceptors (Lipinski definition) is 4. The molecule has 1 aromatic carbocycles. The summed E-state index contributed by atoms with van der Waals surface area (Å²) >= 11 is 0. The van der Waals surface area contributed by atoms with Crippen LogP contribution in [0.3, 0.4) is 0 Å². The largest absolute Gasteiger partial charge is 0.497 e. The van der Waals surface area contributed by atoms with Crippen LogP contribution in [0.15, 0.2) is 42.6 Å². The predicted octanol–water partition coefficient (Wildman–Crippen LogP) is 3.42. The van der Waals surface area contributed by atoms with Gasteiger partial charge in [0.05, 0.1) is 19.0 Å². The second-order valence-corrected chi connectivity index (χ2v) is 6.00. The van der Waals surface area contributed by atoms with Gasteiger partial charge < -0.3 is 9.64 Å². The van der Waals surface area contributed by atoms with Gasteiger partial charge in [-0.2, -0.15) is 5.26 Å². The third-order valence-electron chi connectivity index (χ3n) is 4.50. The maximum absolute atomic E-state index is 8.82. The average molecular weight is 307 g/mol. The Bertz CT molecular complexity index is 683. The molecule has 23 heavy (non-hydrogen) atoms. The molecule has 0 radical (unpaired) electrons. The second-order valence-electron chi connectivity index (χ2n) is 6.00. The van der Waals surface area contributed by atoms with Gasteiger partial charge in [0.25, 0.3) is 0 Å². The summed E-state index contributed by atoms with van der Waals surface area (Å²) in [6, 6.07) is 14.2. The lowest BCUT2D eigenvalue weighted by molar-refractivity contribution is 0.398. The van der Waals surface area contributed by atoms with E-state index in [1.165, 1.54) is 18.4 Å². The Kier molecular flexibility index (Phi) is 4.77. The molecule has 2 aromatic rings. The highest BCUT2D eigenvalue weighted by atomic mass is 16.5. The molecule has 118 valence electrons. The number of ether oxygens (including phenoxy) is 1. The smallest absolute Gasteiger partial charge is 0.140 e. The lowest BCUT2D eigenvalue weighted by Crippen LogP contribution is -2.34. The van der Waals surface area contributed by atoms with E-state index in [9.17, 15) is 0 Å². The summed E-state index contributed by atoms with van der Waals surface area (Å²) in [5, 5.41) is 8.82. The van der Waals surface area contributed by atoms with Crippen molar-refractivity contribution < 1.29 is 4.74 Å². The van der Waals surface area contributed by atoms with Gasteiger partial charge in [-0.1, -0.05) is 12.1 Å². The van der Waals surface area contributed by atoms with Crippen molar-refractivity contribution in [2.24, 2.45) is 5.92 Å². The van der Waals surface area contributed by atoms with Crippen molar-refractivity contribution in [1.29, 1.82) is 5.26 Å². The van der Waals surface area contributed by atoms with Crippen LogP contribution in [0.2, 0.25) is 0 Å². The number of hydrogen-bond donors (Lipinski definition) is 0. The first-order valence-corrected chi connectivity index (χ1v) is 8.02. The number of nitrogens with zero attached hydrogens (tertiary/aromatic N) is 3. The first-order chi connectivity index (χ1) is 11.3. The van der Waals surface area contributed by atoms with E-state index < -0.39 is 0 Å². The van der Waals surface area contributed by atoms with Crippen molar-refractivity contribution in [1.82, 2.24) is 4.98 Å². The predicted molar refractivity (Wildman–Crippen MR) is 90.6 cm³/mol. The zero-order chi connectivity index (χ0) is 16.1. The Morgan fingerprint density at radius 2 is 2.09 bits per heavy atom. The fourth-order valence-electron chi connectivity index (χ4n) is 3.17. The Morgan fingerprint density at radius 1 is 1.26 bits per heavy atom. The quantitative estimate of drug-likeness (QED) is 0.868. The van der Waals surface area contributed by atoms with E-state index in [-0.39, 0.29) is 0 Å². The average Bonchev–Trinajstić information content (AvgIpc) is 2.63. The molecule has 0 saturated carbocycles. The molecule has 0 amide bonds. The number of pyridine rings is 1. The van der Waals surface area contributed by atoms with Gasteiger partial charge in [-0.05, 0) is 55.0 Å². The molecule has 4 nitrogen and oxygen atoms in total. The minimum atomic E-state index is 0.474. The van der Waals surface area contributed by atoms with Gasteiger partial charge in [0.2, 0.25) is 0 Å². The fraction of sp³-hybridized carbons (Fsp3) is 0.368.